The Morgan fingerprint density at radius 2 is 2.23 bits per heavy atom. The van der Waals surface area contributed by atoms with Gasteiger partial charge in [0.05, 0.1) is 6.61 Å². The highest BCUT2D eigenvalue weighted by atomic mass is 19.4. The van der Waals surface area contributed by atoms with E-state index in [1.54, 1.807) is 0 Å². The quantitative estimate of drug-likeness (QED) is 0.711. The molecule has 0 atom stereocenters. The summed E-state index contributed by atoms with van der Waals surface area (Å²) in [6.45, 7) is -0.303. The SMILES string of the molecule is Cn1cc(CON)c(C(F)(F)F)n1. The fourth-order valence-corrected chi connectivity index (χ4v) is 0.972. The molecule has 0 amide bonds. The predicted molar refractivity (Wildman–Crippen MR) is 37.2 cm³/mol. The third-order valence-corrected chi connectivity index (χ3v) is 1.41. The van der Waals surface area contributed by atoms with E-state index in [1.807, 2.05) is 0 Å². The van der Waals surface area contributed by atoms with Gasteiger partial charge in [-0.2, -0.15) is 18.3 Å². The van der Waals surface area contributed by atoms with Crippen molar-refractivity contribution in [1.82, 2.24) is 9.78 Å². The Hall–Kier alpha value is -1.08. The van der Waals surface area contributed by atoms with Crippen LogP contribution in [-0.4, -0.2) is 9.78 Å². The molecule has 1 aromatic rings. The molecule has 1 heterocycles. The Kier molecular flexibility index (Phi) is 2.58. The van der Waals surface area contributed by atoms with Gasteiger partial charge in [0.2, 0.25) is 0 Å². The summed E-state index contributed by atoms with van der Waals surface area (Å²) >= 11 is 0. The molecule has 0 spiro atoms. The molecule has 1 aromatic heterocycles. The lowest BCUT2D eigenvalue weighted by Crippen LogP contribution is -2.11. The lowest BCUT2D eigenvalue weighted by Gasteiger charge is -2.04. The second kappa shape index (κ2) is 3.35. The number of rotatable bonds is 2. The van der Waals surface area contributed by atoms with Gasteiger partial charge >= 0.3 is 6.18 Å². The van der Waals surface area contributed by atoms with Gasteiger partial charge in [0.1, 0.15) is 0 Å². The standard InChI is InChI=1S/C6H8F3N3O/c1-12-2-4(3-13-10)5(11-12)6(7,8)9/h2H,3,10H2,1H3. The molecule has 7 heteroatoms. The second-order valence-electron chi connectivity index (χ2n) is 2.49. The maximum absolute atomic E-state index is 12.2. The van der Waals surface area contributed by atoms with E-state index in [0.717, 1.165) is 4.68 Å². The maximum Gasteiger partial charge on any atom is 0.435 e. The van der Waals surface area contributed by atoms with Gasteiger partial charge in [-0.15, -0.1) is 0 Å². The van der Waals surface area contributed by atoms with Crippen molar-refractivity contribution in [1.29, 1.82) is 0 Å². The van der Waals surface area contributed by atoms with Crippen molar-refractivity contribution in [3.05, 3.63) is 17.5 Å². The van der Waals surface area contributed by atoms with Crippen LogP contribution in [0.1, 0.15) is 11.3 Å². The molecule has 74 valence electrons. The van der Waals surface area contributed by atoms with Gasteiger partial charge in [-0.3, -0.25) is 9.52 Å². The van der Waals surface area contributed by atoms with E-state index in [0.29, 0.717) is 0 Å². The lowest BCUT2D eigenvalue weighted by molar-refractivity contribution is -0.142. The molecule has 0 saturated heterocycles. The van der Waals surface area contributed by atoms with Crippen LogP contribution in [0.2, 0.25) is 0 Å². The number of nitrogens with two attached hydrogens (primary N) is 1. The van der Waals surface area contributed by atoms with Crippen molar-refractivity contribution in [2.24, 2.45) is 12.9 Å². The number of aromatic nitrogens is 2. The normalized spacial score (nSPS) is 12.1. The number of hydrogen-bond acceptors (Lipinski definition) is 3. The highest BCUT2D eigenvalue weighted by Crippen LogP contribution is 2.30. The third-order valence-electron chi connectivity index (χ3n) is 1.41. The predicted octanol–water partition coefficient (Wildman–Crippen LogP) is 0.829. The van der Waals surface area contributed by atoms with E-state index in [-0.39, 0.29) is 12.2 Å². The van der Waals surface area contributed by atoms with Crippen molar-refractivity contribution < 1.29 is 18.0 Å². The van der Waals surface area contributed by atoms with E-state index in [9.17, 15) is 13.2 Å². The van der Waals surface area contributed by atoms with Crippen molar-refractivity contribution in [3.63, 3.8) is 0 Å². The molecule has 0 bridgehead atoms. The first-order chi connectivity index (χ1) is 5.95. The average Bonchev–Trinajstić information content (AvgIpc) is 2.30. The van der Waals surface area contributed by atoms with E-state index >= 15 is 0 Å². The van der Waals surface area contributed by atoms with Crippen LogP contribution in [0.25, 0.3) is 0 Å². The van der Waals surface area contributed by atoms with Gasteiger partial charge in [0.15, 0.2) is 5.69 Å². The minimum absolute atomic E-state index is 0.0718. The van der Waals surface area contributed by atoms with Crippen molar-refractivity contribution in [3.8, 4) is 0 Å². The Labute approximate surface area is 72.0 Å². The van der Waals surface area contributed by atoms with Crippen LogP contribution in [0.5, 0.6) is 0 Å². The molecule has 0 radical (unpaired) electrons. The van der Waals surface area contributed by atoms with E-state index in [1.165, 1.54) is 13.2 Å². The molecule has 0 unspecified atom stereocenters. The molecule has 1 rings (SSSR count). The molecule has 2 N–H and O–H groups in total. The molecular formula is C6H8F3N3O. The second-order valence-corrected chi connectivity index (χ2v) is 2.49. The van der Waals surface area contributed by atoms with E-state index < -0.39 is 11.9 Å². The van der Waals surface area contributed by atoms with Crippen LogP contribution in [0.4, 0.5) is 13.2 Å². The number of aryl methyl sites for hydroxylation is 1. The van der Waals surface area contributed by atoms with Crippen LogP contribution in [-0.2, 0) is 24.7 Å². The summed E-state index contributed by atoms with van der Waals surface area (Å²) < 4.78 is 37.7. The molecule has 0 saturated carbocycles. The Morgan fingerprint density at radius 1 is 1.62 bits per heavy atom. The fraction of sp³-hybridized carbons (Fsp3) is 0.500. The molecule has 0 aliphatic heterocycles. The highest BCUT2D eigenvalue weighted by molar-refractivity contribution is 5.18. The van der Waals surface area contributed by atoms with Crippen molar-refractivity contribution >= 4 is 0 Å². The Balaban J connectivity index is 3.04. The minimum Gasteiger partial charge on any atom is -0.300 e. The Morgan fingerprint density at radius 3 is 2.69 bits per heavy atom. The smallest absolute Gasteiger partial charge is 0.300 e. The number of alkyl halides is 3. The molecule has 4 nitrogen and oxygen atoms in total. The fourth-order valence-electron chi connectivity index (χ4n) is 0.972. The largest absolute Gasteiger partial charge is 0.435 e. The zero-order valence-electron chi connectivity index (χ0n) is 6.80. The van der Waals surface area contributed by atoms with Gasteiger partial charge < -0.3 is 0 Å². The average molecular weight is 195 g/mol. The molecule has 0 fully saturated rings. The zero-order valence-corrected chi connectivity index (χ0v) is 6.80. The molecule has 0 aromatic carbocycles. The maximum atomic E-state index is 12.2. The topological polar surface area (TPSA) is 53.1 Å². The van der Waals surface area contributed by atoms with Crippen LogP contribution in [0, 0.1) is 0 Å². The van der Waals surface area contributed by atoms with Gasteiger partial charge in [-0.25, -0.2) is 5.90 Å². The van der Waals surface area contributed by atoms with Crippen LogP contribution in [0.3, 0.4) is 0 Å². The zero-order chi connectivity index (χ0) is 10.1. The van der Waals surface area contributed by atoms with E-state index in [4.69, 9.17) is 0 Å². The minimum atomic E-state index is -4.46. The van der Waals surface area contributed by atoms with Gasteiger partial charge in [0, 0.05) is 18.8 Å². The van der Waals surface area contributed by atoms with Gasteiger partial charge in [-0.05, 0) is 0 Å². The van der Waals surface area contributed by atoms with Gasteiger partial charge in [-0.1, -0.05) is 0 Å². The third kappa shape index (κ3) is 2.19. The Bertz CT molecular complexity index is 294. The van der Waals surface area contributed by atoms with Crippen molar-refractivity contribution in [2.75, 3.05) is 0 Å². The number of nitrogens with zero attached hydrogens (tertiary/aromatic N) is 2. The van der Waals surface area contributed by atoms with Crippen LogP contribution < -0.4 is 5.90 Å². The number of hydrogen-bond donors (Lipinski definition) is 1. The molecule has 13 heavy (non-hydrogen) atoms. The van der Waals surface area contributed by atoms with Crippen molar-refractivity contribution in [2.45, 2.75) is 12.8 Å². The summed E-state index contributed by atoms with van der Waals surface area (Å²) in [4.78, 5) is 4.12. The summed E-state index contributed by atoms with van der Waals surface area (Å²) in [6, 6.07) is 0. The van der Waals surface area contributed by atoms with Crippen LogP contribution in [0.15, 0.2) is 6.20 Å². The van der Waals surface area contributed by atoms with E-state index in [2.05, 4.69) is 15.8 Å². The van der Waals surface area contributed by atoms with Gasteiger partial charge in [0.25, 0.3) is 0 Å². The summed E-state index contributed by atoms with van der Waals surface area (Å²) in [7, 11) is 1.40. The highest BCUT2D eigenvalue weighted by Gasteiger charge is 2.36. The lowest BCUT2D eigenvalue weighted by atomic mass is 10.2. The summed E-state index contributed by atoms with van der Waals surface area (Å²) in [5.41, 5.74) is -1.03. The first kappa shape index (κ1) is 10.0. The molecule has 0 aliphatic rings. The first-order valence-corrected chi connectivity index (χ1v) is 3.36. The monoisotopic (exact) mass is 195 g/mol. The molecular weight excluding hydrogens is 187 g/mol. The summed E-state index contributed by atoms with van der Waals surface area (Å²) in [5.74, 6) is 4.68. The first-order valence-electron chi connectivity index (χ1n) is 3.36. The summed E-state index contributed by atoms with van der Waals surface area (Å²) in [6.07, 6.45) is -3.25. The summed E-state index contributed by atoms with van der Waals surface area (Å²) in [5, 5.41) is 3.26. The number of halogens is 3. The molecule has 0 aliphatic carbocycles. The van der Waals surface area contributed by atoms with Crippen LogP contribution >= 0.6 is 0 Å².